The highest BCUT2D eigenvalue weighted by Crippen LogP contribution is 2.23. The minimum atomic E-state index is -2.22. The van der Waals surface area contributed by atoms with Crippen LogP contribution in [0.5, 0.6) is 0 Å². The summed E-state index contributed by atoms with van der Waals surface area (Å²) in [4.78, 5) is 0. The van der Waals surface area contributed by atoms with Crippen molar-refractivity contribution in [1.82, 2.24) is 0 Å². The molecule has 0 radical (unpaired) electrons. The Labute approximate surface area is 57.3 Å². The highest BCUT2D eigenvalue weighted by atomic mass is 19.1. The Morgan fingerprint density at radius 3 is 2.80 bits per heavy atom. The van der Waals surface area contributed by atoms with Crippen LogP contribution in [0.25, 0.3) is 0 Å². The summed E-state index contributed by atoms with van der Waals surface area (Å²) in [5.41, 5.74) is -2.22. The summed E-state index contributed by atoms with van der Waals surface area (Å²) in [7, 11) is 0. The van der Waals surface area contributed by atoms with E-state index in [4.69, 9.17) is 5.26 Å². The van der Waals surface area contributed by atoms with Crippen LogP contribution in [0.2, 0.25) is 0 Å². The minimum Gasteiger partial charge on any atom is -0.218 e. The molecule has 0 heterocycles. The Kier molecular flexibility index (Phi) is 1.54. The van der Waals surface area contributed by atoms with E-state index in [-0.39, 0.29) is 6.42 Å². The summed E-state index contributed by atoms with van der Waals surface area (Å²) in [5, 5.41) is 8.18. The molecule has 52 valence electrons. The number of hydrogen-bond acceptors (Lipinski definition) is 1. The molecular formula is C7H5F2N. The molecule has 0 amide bonds. The molecule has 0 spiro atoms. The lowest BCUT2D eigenvalue weighted by atomic mass is 10.0. The number of halogens is 2. The van der Waals surface area contributed by atoms with Crippen molar-refractivity contribution in [3.63, 3.8) is 0 Å². The molecule has 0 N–H and O–H groups in total. The van der Waals surface area contributed by atoms with Crippen LogP contribution in [0.4, 0.5) is 8.78 Å². The topological polar surface area (TPSA) is 23.8 Å². The summed E-state index contributed by atoms with van der Waals surface area (Å²) in [5.74, 6) is -0.591. The third-order valence-corrected chi connectivity index (χ3v) is 1.21. The molecule has 10 heavy (non-hydrogen) atoms. The van der Waals surface area contributed by atoms with E-state index in [0.717, 1.165) is 6.08 Å². The molecule has 1 rings (SSSR count). The molecule has 1 atom stereocenters. The van der Waals surface area contributed by atoms with Crippen LogP contribution in [0, 0.1) is 11.3 Å². The largest absolute Gasteiger partial charge is 0.235 e. The van der Waals surface area contributed by atoms with Crippen molar-refractivity contribution in [3.05, 3.63) is 24.1 Å². The molecule has 1 nitrogen and oxygen atoms in total. The van der Waals surface area contributed by atoms with Gasteiger partial charge in [0.25, 0.3) is 0 Å². The quantitative estimate of drug-likeness (QED) is 0.473. The maximum atomic E-state index is 12.8. The monoisotopic (exact) mass is 141 g/mol. The van der Waals surface area contributed by atoms with E-state index in [2.05, 4.69) is 0 Å². The Hall–Kier alpha value is -1.17. The van der Waals surface area contributed by atoms with Crippen LogP contribution in [-0.2, 0) is 0 Å². The molecule has 0 saturated heterocycles. The van der Waals surface area contributed by atoms with Gasteiger partial charge in [-0.05, 0) is 6.08 Å². The molecule has 1 aliphatic carbocycles. The number of alkyl halides is 1. The van der Waals surface area contributed by atoms with Gasteiger partial charge >= 0.3 is 0 Å². The van der Waals surface area contributed by atoms with Crippen molar-refractivity contribution in [2.45, 2.75) is 12.1 Å². The van der Waals surface area contributed by atoms with Gasteiger partial charge in [0.15, 0.2) is 0 Å². The lowest BCUT2D eigenvalue weighted by Crippen LogP contribution is -2.15. The second-order valence-electron chi connectivity index (χ2n) is 2.08. The molecular weight excluding hydrogens is 136 g/mol. The second kappa shape index (κ2) is 2.22. The number of nitriles is 1. The maximum absolute atomic E-state index is 12.8. The average molecular weight is 141 g/mol. The van der Waals surface area contributed by atoms with Crippen LogP contribution in [0.3, 0.4) is 0 Å². The predicted octanol–water partition coefficient (Wildman–Crippen LogP) is 2.03. The van der Waals surface area contributed by atoms with Gasteiger partial charge in [-0.1, -0.05) is 6.08 Å². The fraction of sp³-hybridized carbons (Fsp3) is 0.286. The Morgan fingerprint density at radius 2 is 2.40 bits per heavy atom. The highest BCUT2D eigenvalue weighted by molar-refractivity contribution is 5.31. The van der Waals surface area contributed by atoms with E-state index < -0.39 is 11.5 Å². The Balaban J connectivity index is 2.91. The lowest BCUT2D eigenvalue weighted by Gasteiger charge is -2.10. The van der Waals surface area contributed by atoms with E-state index in [1.54, 1.807) is 0 Å². The molecule has 0 aromatic carbocycles. The zero-order valence-corrected chi connectivity index (χ0v) is 5.14. The zero-order valence-electron chi connectivity index (χ0n) is 5.14. The van der Waals surface area contributed by atoms with Crippen LogP contribution in [-0.4, -0.2) is 5.67 Å². The first kappa shape index (κ1) is 6.94. The zero-order chi connectivity index (χ0) is 7.61. The normalized spacial score (nSPS) is 31.1. The van der Waals surface area contributed by atoms with Gasteiger partial charge in [-0.3, -0.25) is 0 Å². The Bertz CT molecular complexity index is 236. The summed E-state index contributed by atoms with van der Waals surface area (Å²) < 4.78 is 25.1. The van der Waals surface area contributed by atoms with Crippen LogP contribution >= 0.6 is 0 Å². The molecule has 0 saturated carbocycles. The van der Waals surface area contributed by atoms with Gasteiger partial charge in [-0.2, -0.15) is 5.26 Å². The summed E-state index contributed by atoms with van der Waals surface area (Å²) in [6, 6.07) is 1.34. The molecule has 0 bridgehead atoms. The van der Waals surface area contributed by atoms with Gasteiger partial charge in [0.2, 0.25) is 5.67 Å². The molecule has 0 aliphatic heterocycles. The summed E-state index contributed by atoms with van der Waals surface area (Å²) in [6.45, 7) is 0. The van der Waals surface area contributed by atoms with Crippen LogP contribution in [0.1, 0.15) is 6.42 Å². The first-order chi connectivity index (χ1) is 4.66. The molecule has 1 unspecified atom stereocenters. The van der Waals surface area contributed by atoms with Crippen LogP contribution in [0.15, 0.2) is 24.1 Å². The van der Waals surface area contributed by atoms with Crippen molar-refractivity contribution in [1.29, 1.82) is 5.26 Å². The predicted molar refractivity (Wildman–Crippen MR) is 32.4 cm³/mol. The lowest BCUT2D eigenvalue weighted by molar-refractivity contribution is 0.365. The van der Waals surface area contributed by atoms with E-state index in [0.29, 0.717) is 6.08 Å². The number of nitrogens with zero attached hydrogens (tertiary/aromatic N) is 1. The third kappa shape index (κ3) is 1.21. The second-order valence-corrected chi connectivity index (χ2v) is 2.08. The highest BCUT2D eigenvalue weighted by Gasteiger charge is 2.25. The minimum absolute atomic E-state index is 0.0906. The van der Waals surface area contributed by atoms with Crippen LogP contribution < -0.4 is 0 Å². The van der Waals surface area contributed by atoms with Crippen molar-refractivity contribution in [2.24, 2.45) is 0 Å². The van der Waals surface area contributed by atoms with Crippen molar-refractivity contribution >= 4 is 0 Å². The fourth-order valence-corrected chi connectivity index (χ4v) is 0.748. The van der Waals surface area contributed by atoms with E-state index >= 15 is 0 Å². The van der Waals surface area contributed by atoms with E-state index in [9.17, 15) is 8.78 Å². The van der Waals surface area contributed by atoms with Crippen molar-refractivity contribution < 1.29 is 8.78 Å². The average Bonchev–Trinajstić information content (AvgIpc) is 1.88. The maximum Gasteiger partial charge on any atom is 0.235 e. The number of rotatable bonds is 0. The molecule has 0 aromatic rings. The van der Waals surface area contributed by atoms with E-state index in [1.165, 1.54) is 12.1 Å². The van der Waals surface area contributed by atoms with Gasteiger partial charge in [-0.15, -0.1) is 0 Å². The standard InChI is InChI=1S/C7H5F2N/c8-6-2-1-3-7(9,4-6)5-10/h1,3-4H,2H2. The summed E-state index contributed by atoms with van der Waals surface area (Å²) >= 11 is 0. The van der Waals surface area contributed by atoms with Gasteiger partial charge < -0.3 is 0 Å². The first-order valence-electron chi connectivity index (χ1n) is 2.81. The summed E-state index contributed by atoms with van der Waals surface area (Å²) in [6.07, 6.45) is 3.13. The smallest absolute Gasteiger partial charge is 0.218 e. The number of hydrogen-bond donors (Lipinski definition) is 0. The van der Waals surface area contributed by atoms with Crippen molar-refractivity contribution in [3.8, 4) is 6.07 Å². The first-order valence-corrected chi connectivity index (χ1v) is 2.81. The number of allylic oxidation sites excluding steroid dienone is 4. The van der Waals surface area contributed by atoms with E-state index in [1.807, 2.05) is 0 Å². The molecule has 0 aromatic heterocycles. The van der Waals surface area contributed by atoms with Gasteiger partial charge in [0.05, 0.1) is 0 Å². The molecule has 3 heteroatoms. The van der Waals surface area contributed by atoms with Gasteiger partial charge in [-0.25, -0.2) is 8.78 Å². The van der Waals surface area contributed by atoms with Gasteiger partial charge in [0.1, 0.15) is 11.9 Å². The molecule has 0 fully saturated rings. The molecule has 1 aliphatic rings. The third-order valence-electron chi connectivity index (χ3n) is 1.21. The SMILES string of the molecule is N#CC1(F)C=CCC(F)=C1. The fourth-order valence-electron chi connectivity index (χ4n) is 0.748. The van der Waals surface area contributed by atoms with Crippen molar-refractivity contribution in [2.75, 3.05) is 0 Å². The van der Waals surface area contributed by atoms with Gasteiger partial charge in [0, 0.05) is 12.5 Å². The Morgan fingerprint density at radius 1 is 1.70 bits per heavy atom.